The van der Waals surface area contributed by atoms with Crippen molar-refractivity contribution in [3.8, 4) is 0 Å². The molecule has 1 aromatic carbocycles. The Morgan fingerprint density at radius 1 is 1.29 bits per heavy atom. The summed E-state index contributed by atoms with van der Waals surface area (Å²) in [7, 11) is 1.82. The van der Waals surface area contributed by atoms with E-state index in [0.717, 1.165) is 32.0 Å². The van der Waals surface area contributed by atoms with Crippen LogP contribution in [0.15, 0.2) is 18.2 Å². The van der Waals surface area contributed by atoms with Crippen molar-refractivity contribution in [3.63, 3.8) is 0 Å². The molecule has 1 spiro atoms. The highest BCUT2D eigenvalue weighted by Crippen LogP contribution is 2.32. The van der Waals surface area contributed by atoms with E-state index in [1.807, 2.05) is 7.05 Å². The first-order valence-corrected chi connectivity index (χ1v) is 8.48. The second kappa shape index (κ2) is 6.76. The predicted octanol–water partition coefficient (Wildman–Crippen LogP) is 2.22. The number of carbonyl (C=O) groups is 1. The minimum Gasteiger partial charge on any atom is -0.360 e. The number of halogens is 2. The number of hydrogen-bond acceptors (Lipinski definition) is 3. The summed E-state index contributed by atoms with van der Waals surface area (Å²) in [5, 5.41) is 0. The Morgan fingerprint density at radius 3 is 2.67 bits per heavy atom. The molecule has 0 radical (unpaired) electrons. The molecule has 2 saturated heterocycles. The lowest BCUT2D eigenvalue weighted by Gasteiger charge is -2.48. The monoisotopic (exact) mass is 338 g/mol. The molecule has 0 N–H and O–H groups in total. The van der Waals surface area contributed by atoms with E-state index in [2.05, 4.69) is 4.90 Å². The number of ether oxygens (including phenoxy) is 1. The summed E-state index contributed by atoms with van der Waals surface area (Å²) in [6, 6.07) is 4.32. The highest BCUT2D eigenvalue weighted by Gasteiger charge is 2.44. The van der Waals surface area contributed by atoms with Gasteiger partial charge in [-0.1, -0.05) is 12.1 Å². The number of likely N-dealkylation sites (tertiary alicyclic amines) is 1. The molecule has 2 aliphatic rings. The van der Waals surface area contributed by atoms with E-state index < -0.39 is 17.7 Å². The zero-order chi connectivity index (χ0) is 17.3. The van der Waals surface area contributed by atoms with Crippen molar-refractivity contribution in [3.05, 3.63) is 35.4 Å². The normalized spacial score (nSPS) is 24.6. The van der Waals surface area contributed by atoms with Crippen LogP contribution in [0.3, 0.4) is 0 Å². The number of benzene rings is 1. The van der Waals surface area contributed by atoms with Gasteiger partial charge in [-0.25, -0.2) is 8.78 Å². The third kappa shape index (κ3) is 3.44. The standard InChI is InChI=1S/C18H24F2N2O2/c1-13-17(23)21(2)12-18(24-13)7-10-22(11-8-18)9-6-14-4-3-5-15(19)16(14)20/h3-5,13H,6-12H2,1-2H3. The summed E-state index contributed by atoms with van der Waals surface area (Å²) in [6.07, 6.45) is 1.80. The van der Waals surface area contributed by atoms with Crippen molar-refractivity contribution < 1.29 is 18.3 Å². The zero-order valence-electron chi connectivity index (χ0n) is 14.2. The number of likely N-dealkylation sites (N-methyl/N-ethyl adjacent to an activating group) is 1. The lowest BCUT2D eigenvalue weighted by molar-refractivity contribution is -0.186. The molecule has 0 aliphatic carbocycles. The molecule has 2 aliphatic heterocycles. The van der Waals surface area contributed by atoms with Gasteiger partial charge < -0.3 is 14.5 Å². The number of hydrogen-bond donors (Lipinski definition) is 0. The average Bonchev–Trinajstić information content (AvgIpc) is 2.56. The maximum absolute atomic E-state index is 13.7. The second-order valence-corrected chi connectivity index (χ2v) is 6.94. The van der Waals surface area contributed by atoms with E-state index in [1.165, 1.54) is 0 Å². The van der Waals surface area contributed by atoms with Gasteiger partial charge in [-0.3, -0.25) is 4.79 Å². The van der Waals surface area contributed by atoms with E-state index >= 15 is 0 Å². The van der Waals surface area contributed by atoms with Gasteiger partial charge in [-0.05, 0) is 37.8 Å². The Balaban J connectivity index is 1.54. The van der Waals surface area contributed by atoms with Crippen LogP contribution in [0.25, 0.3) is 0 Å². The van der Waals surface area contributed by atoms with E-state index in [1.54, 1.807) is 24.0 Å². The molecule has 2 heterocycles. The molecule has 4 nitrogen and oxygen atoms in total. The zero-order valence-corrected chi connectivity index (χ0v) is 14.2. The lowest BCUT2D eigenvalue weighted by atomic mass is 9.88. The van der Waals surface area contributed by atoms with Crippen LogP contribution < -0.4 is 0 Å². The topological polar surface area (TPSA) is 32.8 Å². The van der Waals surface area contributed by atoms with Gasteiger partial charge in [0.25, 0.3) is 5.91 Å². The van der Waals surface area contributed by atoms with Crippen molar-refractivity contribution in [2.45, 2.75) is 37.9 Å². The fourth-order valence-corrected chi connectivity index (χ4v) is 3.76. The van der Waals surface area contributed by atoms with Crippen molar-refractivity contribution in [1.82, 2.24) is 9.80 Å². The number of piperidine rings is 1. The molecule has 24 heavy (non-hydrogen) atoms. The third-order valence-electron chi connectivity index (χ3n) is 5.17. The molecule has 0 aromatic heterocycles. The third-order valence-corrected chi connectivity index (χ3v) is 5.17. The van der Waals surface area contributed by atoms with Gasteiger partial charge in [0, 0.05) is 33.2 Å². The fourth-order valence-electron chi connectivity index (χ4n) is 3.76. The lowest BCUT2D eigenvalue weighted by Crippen LogP contribution is -2.60. The quantitative estimate of drug-likeness (QED) is 0.847. The van der Waals surface area contributed by atoms with Crippen molar-refractivity contribution in [2.24, 2.45) is 0 Å². The van der Waals surface area contributed by atoms with Crippen molar-refractivity contribution in [2.75, 3.05) is 33.2 Å². The van der Waals surface area contributed by atoms with Gasteiger partial charge in [0.1, 0.15) is 6.10 Å². The average molecular weight is 338 g/mol. The molecule has 2 fully saturated rings. The Hall–Kier alpha value is -1.53. The Labute approximate surface area is 141 Å². The number of morpholine rings is 1. The summed E-state index contributed by atoms with van der Waals surface area (Å²) in [6.45, 7) is 4.81. The summed E-state index contributed by atoms with van der Waals surface area (Å²) in [5.41, 5.74) is 0.158. The molecule has 1 aromatic rings. The Morgan fingerprint density at radius 2 is 2.00 bits per heavy atom. The number of carbonyl (C=O) groups excluding carboxylic acids is 1. The molecule has 1 unspecified atom stereocenters. The van der Waals surface area contributed by atoms with Crippen LogP contribution >= 0.6 is 0 Å². The highest BCUT2D eigenvalue weighted by molar-refractivity contribution is 5.81. The molecule has 3 rings (SSSR count). The van der Waals surface area contributed by atoms with Crippen LogP contribution in [0, 0.1) is 11.6 Å². The first kappa shape index (κ1) is 17.3. The van der Waals surface area contributed by atoms with E-state index in [-0.39, 0.29) is 11.5 Å². The SMILES string of the molecule is CC1OC2(CCN(CCc3cccc(F)c3F)CC2)CN(C)C1=O. The smallest absolute Gasteiger partial charge is 0.251 e. The van der Waals surface area contributed by atoms with Gasteiger partial charge in [0.2, 0.25) is 0 Å². The molecule has 0 saturated carbocycles. The minimum atomic E-state index is -0.789. The van der Waals surface area contributed by atoms with Crippen molar-refractivity contribution >= 4 is 5.91 Å². The first-order chi connectivity index (χ1) is 11.4. The molecule has 6 heteroatoms. The van der Waals surface area contributed by atoms with Crippen LogP contribution in [-0.4, -0.2) is 60.6 Å². The predicted molar refractivity (Wildman–Crippen MR) is 86.7 cm³/mol. The van der Waals surface area contributed by atoms with Crippen molar-refractivity contribution in [1.29, 1.82) is 0 Å². The summed E-state index contributed by atoms with van der Waals surface area (Å²) >= 11 is 0. The number of amides is 1. The number of rotatable bonds is 3. The largest absolute Gasteiger partial charge is 0.360 e. The van der Waals surface area contributed by atoms with Gasteiger partial charge in [0.05, 0.1) is 5.60 Å². The highest BCUT2D eigenvalue weighted by atomic mass is 19.2. The minimum absolute atomic E-state index is 0.0321. The summed E-state index contributed by atoms with van der Waals surface area (Å²) in [5.74, 6) is -1.50. The number of nitrogens with zero attached hydrogens (tertiary/aromatic N) is 2. The molecular formula is C18H24F2N2O2. The second-order valence-electron chi connectivity index (χ2n) is 6.94. The fraction of sp³-hybridized carbons (Fsp3) is 0.611. The van der Waals surface area contributed by atoms with Gasteiger partial charge in [-0.15, -0.1) is 0 Å². The maximum Gasteiger partial charge on any atom is 0.251 e. The Bertz CT molecular complexity index is 599. The molecular weight excluding hydrogens is 314 g/mol. The van der Waals surface area contributed by atoms with E-state index in [0.29, 0.717) is 25.1 Å². The van der Waals surface area contributed by atoms with Crippen LogP contribution in [0.1, 0.15) is 25.3 Å². The van der Waals surface area contributed by atoms with E-state index in [9.17, 15) is 13.6 Å². The van der Waals surface area contributed by atoms with Crippen LogP contribution in [0.5, 0.6) is 0 Å². The van der Waals surface area contributed by atoms with Crippen LogP contribution in [-0.2, 0) is 16.0 Å². The van der Waals surface area contributed by atoms with E-state index in [4.69, 9.17) is 4.74 Å². The molecule has 1 atom stereocenters. The summed E-state index contributed by atoms with van der Waals surface area (Å²) in [4.78, 5) is 15.9. The molecule has 132 valence electrons. The van der Waals surface area contributed by atoms with Crippen LogP contribution in [0.4, 0.5) is 8.78 Å². The first-order valence-electron chi connectivity index (χ1n) is 8.48. The van der Waals surface area contributed by atoms with Gasteiger partial charge in [0.15, 0.2) is 11.6 Å². The van der Waals surface area contributed by atoms with Crippen LogP contribution in [0.2, 0.25) is 0 Å². The molecule has 0 bridgehead atoms. The maximum atomic E-state index is 13.7. The molecule has 1 amide bonds. The van der Waals surface area contributed by atoms with Gasteiger partial charge in [-0.2, -0.15) is 0 Å². The Kier molecular flexibility index (Phi) is 4.88. The van der Waals surface area contributed by atoms with Gasteiger partial charge >= 0.3 is 0 Å². The summed E-state index contributed by atoms with van der Waals surface area (Å²) < 4.78 is 33.0.